The van der Waals surface area contributed by atoms with E-state index in [1.54, 1.807) is 18.6 Å². The van der Waals surface area contributed by atoms with E-state index in [9.17, 15) is 4.79 Å². The average Bonchev–Trinajstić information content (AvgIpc) is 3.29. The number of aromatic amines is 1. The van der Waals surface area contributed by atoms with Crippen molar-refractivity contribution in [2.24, 2.45) is 0 Å². The van der Waals surface area contributed by atoms with E-state index in [0.717, 1.165) is 29.6 Å². The molecule has 1 atom stereocenters. The number of hydrogen-bond acceptors (Lipinski definition) is 3. The molecule has 2 aromatic heterocycles. The number of hydrogen-bond donors (Lipinski definition) is 1. The van der Waals surface area contributed by atoms with Gasteiger partial charge in [0.1, 0.15) is 5.82 Å². The lowest BCUT2D eigenvalue weighted by Gasteiger charge is -2.29. The molecule has 4 aromatic rings. The maximum Gasteiger partial charge on any atom is 0.256 e. The highest BCUT2D eigenvalue weighted by atomic mass is 16.2. The Morgan fingerprint density at radius 1 is 1.07 bits per heavy atom. The van der Waals surface area contributed by atoms with Gasteiger partial charge in [-0.25, -0.2) is 4.98 Å². The molecule has 5 heteroatoms. The van der Waals surface area contributed by atoms with Crippen molar-refractivity contribution in [3.63, 3.8) is 0 Å². The van der Waals surface area contributed by atoms with Crippen LogP contribution in [0, 0.1) is 0 Å². The van der Waals surface area contributed by atoms with Gasteiger partial charge in [0.25, 0.3) is 5.91 Å². The third-order valence-corrected chi connectivity index (χ3v) is 5.20. The first-order chi connectivity index (χ1) is 14.2. The number of H-pyrrole nitrogens is 1. The van der Waals surface area contributed by atoms with Gasteiger partial charge in [-0.15, -0.1) is 0 Å². The Bertz CT molecular complexity index is 1080. The molecule has 146 valence electrons. The number of imidazole rings is 1. The van der Waals surface area contributed by atoms with E-state index in [1.165, 1.54) is 5.56 Å². The van der Waals surface area contributed by atoms with Crippen LogP contribution in [0.5, 0.6) is 0 Å². The first-order valence-electron chi connectivity index (χ1n) is 9.88. The van der Waals surface area contributed by atoms with Crippen LogP contribution in [0.3, 0.4) is 0 Å². The van der Waals surface area contributed by atoms with Gasteiger partial charge in [-0.3, -0.25) is 9.78 Å². The van der Waals surface area contributed by atoms with Crippen LogP contribution < -0.4 is 0 Å². The molecule has 0 spiro atoms. The van der Waals surface area contributed by atoms with Gasteiger partial charge >= 0.3 is 0 Å². The van der Waals surface area contributed by atoms with Crippen LogP contribution in [0.1, 0.15) is 35.1 Å². The summed E-state index contributed by atoms with van der Waals surface area (Å²) in [6.07, 6.45) is 6.95. The van der Waals surface area contributed by atoms with Gasteiger partial charge in [-0.05, 0) is 37.5 Å². The third-order valence-electron chi connectivity index (χ3n) is 5.20. The molecule has 1 N–H and O–H groups in total. The highest BCUT2D eigenvalue weighted by Gasteiger charge is 2.23. The lowest BCUT2D eigenvalue weighted by atomic mass is 10.0. The van der Waals surface area contributed by atoms with Crippen LogP contribution in [0.2, 0.25) is 0 Å². The molecule has 4 rings (SSSR count). The average molecular weight is 384 g/mol. The van der Waals surface area contributed by atoms with E-state index in [-0.39, 0.29) is 11.9 Å². The molecule has 0 saturated heterocycles. The van der Waals surface area contributed by atoms with Crippen molar-refractivity contribution in [3.05, 3.63) is 96.2 Å². The van der Waals surface area contributed by atoms with Gasteiger partial charge in [0.05, 0.1) is 17.6 Å². The molecule has 0 fully saturated rings. The fourth-order valence-electron chi connectivity index (χ4n) is 3.50. The molecule has 0 radical (unpaired) electrons. The number of fused-ring (bicyclic) bond motifs is 1. The van der Waals surface area contributed by atoms with Crippen molar-refractivity contribution in [2.45, 2.75) is 32.4 Å². The number of aromatic nitrogens is 3. The van der Waals surface area contributed by atoms with Crippen molar-refractivity contribution in [3.8, 4) is 0 Å². The molecule has 29 heavy (non-hydrogen) atoms. The first kappa shape index (κ1) is 18.9. The largest absolute Gasteiger partial charge is 0.347 e. The molecule has 0 saturated carbocycles. The normalized spacial score (nSPS) is 12.0. The number of amides is 1. The van der Waals surface area contributed by atoms with E-state index in [1.807, 2.05) is 53.4 Å². The number of carbonyl (C=O) groups is 1. The van der Waals surface area contributed by atoms with Crippen molar-refractivity contribution < 1.29 is 4.79 Å². The number of pyridine rings is 1. The van der Waals surface area contributed by atoms with Crippen LogP contribution in [0.25, 0.3) is 10.9 Å². The van der Waals surface area contributed by atoms with Crippen LogP contribution in [0.15, 0.2) is 79.3 Å². The highest BCUT2D eigenvalue weighted by molar-refractivity contribution is 5.97. The zero-order valence-electron chi connectivity index (χ0n) is 16.5. The lowest BCUT2D eigenvalue weighted by molar-refractivity contribution is 0.0662. The van der Waals surface area contributed by atoms with Crippen molar-refractivity contribution in [1.82, 2.24) is 19.9 Å². The van der Waals surface area contributed by atoms with Gasteiger partial charge in [-0.1, -0.05) is 48.5 Å². The number of rotatable bonds is 7. The summed E-state index contributed by atoms with van der Waals surface area (Å²) in [6, 6.07) is 20.2. The first-order valence-corrected chi connectivity index (χ1v) is 9.88. The van der Waals surface area contributed by atoms with Gasteiger partial charge in [0, 0.05) is 30.0 Å². The maximum absolute atomic E-state index is 13.4. The zero-order chi connectivity index (χ0) is 20.1. The molecule has 1 amide bonds. The van der Waals surface area contributed by atoms with E-state index in [0.29, 0.717) is 12.1 Å². The second-order valence-electron chi connectivity index (χ2n) is 7.26. The standard InChI is InChI=1S/C24H24N4O/c1-18(11-12-19-7-3-2-4-8-19)28(17-23-25-13-14-26-23)24(29)21-15-20-9-5-6-10-22(20)27-16-21/h2-10,13-16,18H,11-12,17H2,1H3,(H,25,26). The molecular formula is C24H24N4O. The van der Waals surface area contributed by atoms with E-state index < -0.39 is 0 Å². The molecule has 0 bridgehead atoms. The molecule has 5 nitrogen and oxygen atoms in total. The Morgan fingerprint density at radius 2 is 1.86 bits per heavy atom. The number of benzene rings is 2. The monoisotopic (exact) mass is 384 g/mol. The summed E-state index contributed by atoms with van der Waals surface area (Å²) in [4.78, 5) is 27.2. The SMILES string of the molecule is CC(CCc1ccccc1)N(Cc1ncc[nH]1)C(=O)c1cnc2ccccc2c1. The number of aryl methyl sites for hydroxylation is 1. The molecule has 0 aliphatic heterocycles. The summed E-state index contributed by atoms with van der Waals surface area (Å²) in [5.41, 5.74) is 2.76. The molecule has 0 aliphatic rings. The Morgan fingerprint density at radius 3 is 2.66 bits per heavy atom. The highest BCUT2D eigenvalue weighted by Crippen LogP contribution is 2.19. The Balaban J connectivity index is 1.57. The number of carbonyl (C=O) groups excluding carboxylic acids is 1. The number of nitrogens with zero attached hydrogens (tertiary/aromatic N) is 3. The summed E-state index contributed by atoms with van der Waals surface area (Å²) in [5, 5.41) is 0.966. The van der Waals surface area contributed by atoms with Crippen molar-refractivity contribution in [2.75, 3.05) is 0 Å². The van der Waals surface area contributed by atoms with Crippen LogP contribution >= 0.6 is 0 Å². The summed E-state index contributed by atoms with van der Waals surface area (Å²) in [7, 11) is 0. The fourth-order valence-corrected chi connectivity index (χ4v) is 3.50. The topological polar surface area (TPSA) is 61.9 Å². The fraction of sp³-hybridized carbons (Fsp3) is 0.208. The zero-order valence-corrected chi connectivity index (χ0v) is 16.5. The Hall–Kier alpha value is -3.47. The van der Waals surface area contributed by atoms with Crippen molar-refractivity contribution >= 4 is 16.8 Å². The molecular weight excluding hydrogens is 360 g/mol. The molecule has 1 unspecified atom stereocenters. The Labute approximate surface area is 170 Å². The minimum absolute atomic E-state index is 0.0276. The predicted molar refractivity (Wildman–Crippen MR) is 114 cm³/mol. The third kappa shape index (κ3) is 4.51. The van der Waals surface area contributed by atoms with Crippen LogP contribution in [-0.4, -0.2) is 31.8 Å². The van der Waals surface area contributed by atoms with Crippen LogP contribution in [0.4, 0.5) is 0 Å². The van der Waals surface area contributed by atoms with Crippen LogP contribution in [-0.2, 0) is 13.0 Å². The van der Waals surface area contributed by atoms with Gasteiger partial charge in [-0.2, -0.15) is 0 Å². The number of para-hydroxylation sites is 1. The van der Waals surface area contributed by atoms with Gasteiger partial charge < -0.3 is 9.88 Å². The minimum Gasteiger partial charge on any atom is -0.347 e. The smallest absolute Gasteiger partial charge is 0.256 e. The summed E-state index contributed by atoms with van der Waals surface area (Å²) < 4.78 is 0. The minimum atomic E-state index is -0.0276. The quantitative estimate of drug-likeness (QED) is 0.506. The molecule has 2 aromatic carbocycles. The summed E-state index contributed by atoms with van der Waals surface area (Å²) in [6.45, 7) is 2.53. The molecule has 2 heterocycles. The summed E-state index contributed by atoms with van der Waals surface area (Å²) in [5.74, 6) is 0.749. The van der Waals surface area contributed by atoms with Crippen molar-refractivity contribution in [1.29, 1.82) is 0 Å². The predicted octanol–water partition coefficient (Wildman–Crippen LogP) is 4.62. The van der Waals surface area contributed by atoms with E-state index in [4.69, 9.17) is 0 Å². The summed E-state index contributed by atoms with van der Waals surface area (Å²) >= 11 is 0. The second kappa shape index (κ2) is 8.69. The molecule has 0 aliphatic carbocycles. The Kier molecular flexibility index (Phi) is 5.66. The number of nitrogens with one attached hydrogen (secondary N) is 1. The lowest BCUT2D eigenvalue weighted by Crippen LogP contribution is -2.38. The van der Waals surface area contributed by atoms with E-state index >= 15 is 0 Å². The van der Waals surface area contributed by atoms with Gasteiger partial charge in [0.15, 0.2) is 0 Å². The van der Waals surface area contributed by atoms with Gasteiger partial charge in [0.2, 0.25) is 0 Å². The maximum atomic E-state index is 13.4. The second-order valence-corrected chi connectivity index (χ2v) is 7.26. The van der Waals surface area contributed by atoms with E-state index in [2.05, 4.69) is 34.0 Å².